The Balaban J connectivity index is 2.27. The molecule has 84 valence electrons. The monoisotopic (exact) mass is 198 g/mol. The number of nitrogens with two attached hydrogens (primary N) is 1. The SMILES string of the molecule is CCC(C)(N)CNC1CCC(C)(C)C1. The van der Waals surface area contributed by atoms with Gasteiger partial charge in [-0.25, -0.2) is 0 Å². The number of hydrogen-bond acceptors (Lipinski definition) is 2. The summed E-state index contributed by atoms with van der Waals surface area (Å²) in [6, 6.07) is 0.694. The number of hydrogen-bond donors (Lipinski definition) is 2. The molecule has 2 unspecified atom stereocenters. The van der Waals surface area contributed by atoms with Crippen molar-refractivity contribution in [1.29, 1.82) is 0 Å². The molecule has 0 saturated heterocycles. The van der Waals surface area contributed by atoms with Crippen molar-refractivity contribution < 1.29 is 0 Å². The van der Waals surface area contributed by atoms with Gasteiger partial charge in [-0.3, -0.25) is 0 Å². The lowest BCUT2D eigenvalue weighted by Gasteiger charge is -2.26. The molecule has 14 heavy (non-hydrogen) atoms. The van der Waals surface area contributed by atoms with Crippen LogP contribution in [-0.2, 0) is 0 Å². The van der Waals surface area contributed by atoms with E-state index in [-0.39, 0.29) is 5.54 Å². The number of nitrogens with one attached hydrogen (secondary N) is 1. The third kappa shape index (κ3) is 3.58. The maximum absolute atomic E-state index is 6.10. The molecule has 2 heteroatoms. The molecule has 2 atom stereocenters. The molecule has 0 aromatic rings. The highest BCUT2D eigenvalue weighted by Gasteiger charge is 2.31. The second-order valence-corrected chi connectivity index (χ2v) is 5.99. The highest BCUT2D eigenvalue weighted by Crippen LogP contribution is 2.36. The lowest BCUT2D eigenvalue weighted by Crippen LogP contribution is -2.48. The Morgan fingerprint density at radius 3 is 2.57 bits per heavy atom. The quantitative estimate of drug-likeness (QED) is 0.727. The number of rotatable bonds is 4. The van der Waals surface area contributed by atoms with Gasteiger partial charge in [-0.2, -0.15) is 0 Å². The summed E-state index contributed by atoms with van der Waals surface area (Å²) in [4.78, 5) is 0. The fraction of sp³-hybridized carbons (Fsp3) is 1.00. The third-order valence-corrected chi connectivity index (χ3v) is 3.57. The van der Waals surface area contributed by atoms with Crippen LogP contribution in [-0.4, -0.2) is 18.1 Å². The van der Waals surface area contributed by atoms with Crippen LogP contribution < -0.4 is 11.1 Å². The lowest BCUT2D eigenvalue weighted by molar-refractivity contribution is 0.344. The molecule has 1 aliphatic rings. The molecule has 1 aliphatic carbocycles. The second-order valence-electron chi connectivity index (χ2n) is 5.99. The second kappa shape index (κ2) is 4.19. The van der Waals surface area contributed by atoms with E-state index in [1.54, 1.807) is 0 Å². The summed E-state index contributed by atoms with van der Waals surface area (Å²) in [7, 11) is 0. The molecule has 0 amide bonds. The molecule has 0 heterocycles. The van der Waals surface area contributed by atoms with Gasteiger partial charge in [-0.1, -0.05) is 20.8 Å². The van der Waals surface area contributed by atoms with Gasteiger partial charge in [0.05, 0.1) is 0 Å². The Hall–Kier alpha value is -0.0800. The molecule has 0 spiro atoms. The average molecular weight is 198 g/mol. The van der Waals surface area contributed by atoms with E-state index in [0.717, 1.165) is 13.0 Å². The average Bonchev–Trinajstić information content (AvgIpc) is 2.43. The lowest BCUT2D eigenvalue weighted by atomic mass is 9.91. The molecule has 0 radical (unpaired) electrons. The van der Waals surface area contributed by atoms with Crippen LogP contribution in [0.2, 0.25) is 0 Å². The Morgan fingerprint density at radius 1 is 1.50 bits per heavy atom. The molecule has 1 rings (SSSR count). The van der Waals surface area contributed by atoms with Gasteiger partial charge >= 0.3 is 0 Å². The van der Waals surface area contributed by atoms with E-state index in [1.165, 1.54) is 19.3 Å². The first-order valence-electron chi connectivity index (χ1n) is 5.87. The van der Waals surface area contributed by atoms with E-state index in [0.29, 0.717) is 11.5 Å². The van der Waals surface area contributed by atoms with Crippen molar-refractivity contribution in [2.75, 3.05) is 6.54 Å². The Bertz CT molecular complexity index is 185. The van der Waals surface area contributed by atoms with Crippen LogP contribution in [0.25, 0.3) is 0 Å². The molecule has 1 fully saturated rings. The van der Waals surface area contributed by atoms with Crippen LogP contribution in [0.15, 0.2) is 0 Å². The van der Waals surface area contributed by atoms with Crippen LogP contribution in [0.4, 0.5) is 0 Å². The molecule has 0 aliphatic heterocycles. The van der Waals surface area contributed by atoms with Crippen LogP contribution >= 0.6 is 0 Å². The Kier molecular flexibility index (Phi) is 3.59. The van der Waals surface area contributed by atoms with Crippen molar-refractivity contribution in [3.8, 4) is 0 Å². The minimum atomic E-state index is -0.0350. The van der Waals surface area contributed by atoms with Crippen LogP contribution in [0.3, 0.4) is 0 Å². The first-order chi connectivity index (χ1) is 6.35. The fourth-order valence-electron chi connectivity index (χ4n) is 2.11. The summed E-state index contributed by atoms with van der Waals surface area (Å²) in [6.07, 6.45) is 4.99. The topological polar surface area (TPSA) is 38.0 Å². The predicted octanol–water partition coefficient (Wildman–Crippen LogP) is 2.28. The summed E-state index contributed by atoms with van der Waals surface area (Å²) in [5.74, 6) is 0. The van der Waals surface area contributed by atoms with E-state index < -0.39 is 0 Å². The van der Waals surface area contributed by atoms with Gasteiger partial charge in [0, 0.05) is 18.1 Å². The van der Waals surface area contributed by atoms with Gasteiger partial charge in [0.2, 0.25) is 0 Å². The minimum absolute atomic E-state index is 0.0350. The molecule has 0 bridgehead atoms. The van der Waals surface area contributed by atoms with Gasteiger partial charge in [0.1, 0.15) is 0 Å². The van der Waals surface area contributed by atoms with E-state index in [4.69, 9.17) is 5.73 Å². The molecule has 0 aromatic heterocycles. The van der Waals surface area contributed by atoms with Crippen molar-refractivity contribution in [2.24, 2.45) is 11.1 Å². The van der Waals surface area contributed by atoms with E-state index in [9.17, 15) is 0 Å². The van der Waals surface area contributed by atoms with E-state index in [2.05, 4.69) is 33.0 Å². The zero-order valence-corrected chi connectivity index (χ0v) is 10.2. The third-order valence-electron chi connectivity index (χ3n) is 3.57. The molecule has 2 nitrogen and oxygen atoms in total. The molecule has 3 N–H and O–H groups in total. The standard InChI is InChI=1S/C12H26N2/c1-5-12(4,13)9-14-10-6-7-11(2,3)8-10/h10,14H,5-9,13H2,1-4H3. The minimum Gasteiger partial charge on any atom is -0.324 e. The first kappa shape index (κ1) is 12.0. The largest absolute Gasteiger partial charge is 0.324 e. The zero-order chi connectivity index (χ0) is 10.8. The van der Waals surface area contributed by atoms with Crippen LogP contribution in [0, 0.1) is 5.41 Å². The predicted molar refractivity (Wildman–Crippen MR) is 62.3 cm³/mol. The summed E-state index contributed by atoms with van der Waals surface area (Å²) in [5, 5.41) is 3.60. The molecule has 1 saturated carbocycles. The van der Waals surface area contributed by atoms with Gasteiger partial charge in [0.15, 0.2) is 0 Å². The maximum Gasteiger partial charge on any atom is 0.0249 e. The van der Waals surface area contributed by atoms with Gasteiger partial charge in [-0.05, 0) is 38.0 Å². The van der Waals surface area contributed by atoms with Crippen LogP contribution in [0.1, 0.15) is 53.4 Å². The van der Waals surface area contributed by atoms with Gasteiger partial charge in [0.25, 0.3) is 0 Å². The normalized spacial score (nSPS) is 30.2. The van der Waals surface area contributed by atoms with Gasteiger partial charge < -0.3 is 11.1 Å². The zero-order valence-electron chi connectivity index (χ0n) is 10.2. The highest BCUT2D eigenvalue weighted by molar-refractivity contribution is 4.89. The Labute approximate surface area is 88.6 Å². The molecule has 0 aromatic carbocycles. The van der Waals surface area contributed by atoms with E-state index >= 15 is 0 Å². The van der Waals surface area contributed by atoms with Crippen molar-refractivity contribution >= 4 is 0 Å². The fourth-order valence-corrected chi connectivity index (χ4v) is 2.11. The van der Waals surface area contributed by atoms with Crippen LogP contribution in [0.5, 0.6) is 0 Å². The smallest absolute Gasteiger partial charge is 0.0249 e. The molecular weight excluding hydrogens is 172 g/mol. The maximum atomic E-state index is 6.10. The highest BCUT2D eigenvalue weighted by atomic mass is 15.0. The van der Waals surface area contributed by atoms with Crippen molar-refractivity contribution in [3.05, 3.63) is 0 Å². The summed E-state index contributed by atoms with van der Waals surface area (Å²) in [5.41, 5.74) is 6.60. The van der Waals surface area contributed by atoms with Crippen molar-refractivity contribution in [2.45, 2.75) is 65.0 Å². The van der Waals surface area contributed by atoms with Gasteiger partial charge in [-0.15, -0.1) is 0 Å². The molecular formula is C12H26N2. The van der Waals surface area contributed by atoms with Crippen molar-refractivity contribution in [3.63, 3.8) is 0 Å². The first-order valence-corrected chi connectivity index (χ1v) is 5.87. The van der Waals surface area contributed by atoms with E-state index in [1.807, 2.05) is 0 Å². The Morgan fingerprint density at radius 2 is 2.14 bits per heavy atom. The summed E-state index contributed by atoms with van der Waals surface area (Å²) in [6.45, 7) is 9.94. The van der Waals surface area contributed by atoms with Crippen molar-refractivity contribution in [1.82, 2.24) is 5.32 Å². The summed E-state index contributed by atoms with van der Waals surface area (Å²) < 4.78 is 0. The summed E-state index contributed by atoms with van der Waals surface area (Å²) >= 11 is 0.